The van der Waals surface area contributed by atoms with Gasteiger partial charge in [-0.3, -0.25) is 14.3 Å². The van der Waals surface area contributed by atoms with Gasteiger partial charge >= 0.3 is 0 Å². The van der Waals surface area contributed by atoms with Gasteiger partial charge in [-0.15, -0.1) is 11.8 Å². The lowest BCUT2D eigenvalue weighted by atomic mass is 10.1. The molecular weight excluding hydrogens is 312 g/mol. The summed E-state index contributed by atoms with van der Waals surface area (Å²) in [6.07, 6.45) is 6.91. The minimum absolute atomic E-state index is 0.0273. The molecule has 1 aliphatic heterocycles. The fourth-order valence-corrected chi connectivity index (χ4v) is 4.58. The van der Waals surface area contributed by atoms with Gasteiger partial charge in [-0.05, 0) is 30.7 Å². The number of rotatable bonds is 4. The highest BCUT2D eigenvalue weighted by Crippen LogP contribution is 2.49. The molecule has 23 heavy (non-hydrogen) atoms. The summed E-state index contributed by atoms with van der Waals surface area (Å²) in [5.74, 6) is 1.93. The Balaban J connectivity index is 1.42. The number of carbonyl (C=O) groups excluding carboxylic acids is 2. The standard InChI is InChI=1S/C16H22N4O2S/c1-18-7-10(6-17-18)12-5-13(12)15(21)20-9-23-8-14(20)16(22)19(2)11-3-4-11/h6-7,11-14H,3-5,8-9H2,1-2H3/t12-,13+,14?/m0/s1. The summed E-state index contributed by atoms with van der Waals surface area (Å²) in [6.45, 7) is 0. The second-order valence-electron chi connectivity index (χ2n) is 6.90. The van der Waals surface area contributed by atoms with Crippen LogP contribution in [-0.4, -0.2) is 62.2 Å². The van der Waals surface area contributed by atoms with Crippen LogP contribution in [0.5, 0.6) is 0 Å². The summed E-state index contributed by atoms with van der Waals surface area (Å²) in [5.41, 5.74) is 1.13. The maximum absolute atomic E-state index is 12.8. The van der Waals surface area contributed by atoms with Crippen molar-refractivity contribution >= 4 is 23.6 Å². The molecule has 3 aliphatic rings. The van der Waals surface area contributed by atoms with Crippen molar-refractivity contribution in [3.05, 3.63) is 18.0 Å². The van der Waals surface area contributed by atoms with Crippen molar-refractivity contribution in [2.75, 3.05) is 18.7 Å². The maximum Gasteiger partial charge on any atom is 0.246 e. The van der Waals surface area contributed by atoms with Gasteiger partial charge in [0.1, 0.15) is 6.04 Å². The Morgan fingerprint density at radius 2 is 2.17 bits per heavy atom. The number of likely N-dealkylation sites (N-methyl/N-ethyl adjacent to an activating group) is 1. The smallest absolute Gasteiger partial charge is 0.246 e. The molecule has 0 N–H and O–H groups in total. The average Bonchev–Trinajstić information content (AvgIpc) is 3.45. The van der Waals surface area contributed by atoms with E-state index >= 15 is 0 Å². The van der Waals surface area contributed by atoms with Crippen LogP contribution >= 0.6 is 11.8 Å². The molecule has 124 valence electrons. The van der Waals surface area contributed by atoms with E-state index in [-0.39, 0.29) is 29.7 Å². The van der Waals surface area contributed by atoms with E-state index in [0.29, 0.717) is 11.9 Å². The Labute approximate surface area is 140 Å². The molecule has 2 aliphatic carbocycles. The average molecular weight is 334 g/mol. The third kappa shape index (κ3) is 2.75. The topological polar surface area (TPSA) is 58.4 Å². The zero-order chi connectivity index (χ0) is 16.1. The number of hydrogen-bond acceptors (Lipinski definition) is 4. The minimum atomic E-state index is -0.270. The number of aromatic nitrogens is 2. The van der Waals surface area contributed by atoms with Gasteiger partial charge in [-0.25, -0.2) is 0 Å². The zero-order valence-corrected chi connectivity index (χ0v) is 14.3. The largest absolute Gasteiger partial charge is 0.341 e. The molecule has 1 aromatic rings. The van der Waals surface area contributed by atoms with Crippen molar-refractivity contribution in [1.82, 2.24) is 19.6 Å². The summed E-state index contributed by atoms with van der Waals surface area (Å²) in [7, 11) is 3.77. The molecule has 1 saturated heterocycles. The van der Waals surface area contributed by atoms with E-state index in [4.69, 9.17) is 0 Å². The van der Waals surface area contributed by atoms with E-state index in [1.165, 1.54) is 0 Å². The van der Waals surface area contributed by atoms with Crippen LogP contribution < -0.4 is 0 Å². The van der Waals surface area contributed by atoms with Gasteiger partial charge in [0.15, 0.2) is 0 Å². The molecule has 3 atom stereocenters. The van der Waals surface area contributed by atoms with Crippen LogP contribution in [0.4, 0.5) is 0 Å². The van der Waals surface area contributed by atoms with Crippen LogP contribution in [-0.2, 0) is 16.6 Å². The fraction of sp³-hybridized carbons (Fsp3) is 0.688. The van der Waals surface area contributed by atoms with Gasteiger partial charge in [-0.1, -0.05) is 0 Å². The number of carbonyl (C=O) groups is 2. The number of nitrogens with zero attached hydrogens (tertiary/aromatic N) is 4. The van der Waals surface area contributed by atoms with Gasteiger partial charge in [0.2, 0.25) is 11.8 Å². The van der Waals surface area contributed by atoms with E-state index in [1.54, 1.807) is 16.4 Å². The summed E-state index contributed by atoms with van der Waals surface area (Å²) in [5, 5.41) is 4.19. The Kier molecular flexibility index (Phi) is 3.63. The third-order valence-corrected chi connectivity index (χ3v) is 6.17. The second-order valence-corrected chi connectivity index (χ2v) is 7.90. The number of hydrogen-bond donors (Lipinski definition) is 0. The lowest BCUT2D eigenvalue weighted by Crippen LogP contribution is -2.49. The molecule has 4 rings (SSSR count). The highest BCUT2D eigenvalue weighted by atomic mass is 32.2. The van der Waals surface area contributed by atoms with E-state index in [2.05, 4.69) is 5.10 Å². The highest BCUT2D eigenvalue weighted by Gasteiger charge is 2.50. The van der Waals surface area contributed by atoms with Crippen molar-refractivity contribution in [3.63, 3.8) is 0 Å². The van der Waals surface area contributed by atoms with Crippen molar-refractivity contribution < 1.29 is 9.59 Å². The Bertz CT molecular complexity index is 642. The first-order valence-corrected chi connectivity index (χ1v) is 9.35. The van der Waals surface area contributed by atoms with Gasteiger partial charge in [0, 0.05) is 38.0 Å². The van der Waals surface area contributed by atoms with Gasteiger partial charge in [-0.2, -0.15) is 5.10 Å². The van der Waals surface area contributed by atoms with E-state index in [0.717, 1.165) is 30.6 Å². The predicted octanol–water partition coefficient (Wildman–Crippen LogP) is 1.05. The summed E-state index contributed by atoms with van der Waals surface area (Å²) in [6, 6.07) is 0.127. The first kappa shape index (κ1) is 15.1. The quantitative estimate of drug-likeness (QED) is 0.826. The summed E-state index contributed by atoms with van der Waals surface area (Å²) < 4.78 is 1.78. The molecule has 2 heterocycles. The van der Waals surface area contributed by atoms with Crippen molar-refractivity contribution in [1.29, 1.82) is 0 Å². The molecule has 0 spiro atoms. The van der Waals surface area contributed by atoms with E-state index in [9.17, 15) is 9.59 Å². The molecule has 2 amide bonds. The first-order valence-electron chi connectivity index (χ1n) is 8.19. The molecule has 0 aromatic carbocycles. The monoisotopic (exact) mass is 334 g/mol. The lowest BCUT2D eigenvalue weighted by Gasteiger charge is -2.27. The lowest BCUT2D eigenvalue weighted by molar-refractivity contribution is -0.143. The maximum atomic E-state index is 12.8. The molecule has 0 radical (unpaired) electrons. The molecule has 1 aromatic heterocycles. The molecule has 6 nitrogen and oxygen atoms in total. The summed E-state index contributed by atoms with van der Waals surface area (Å²) >= 11 is 1.68. The molecular formula is C16H22N4O2S. The van der Waals surface area contributed by atoms with Crippen LogP contribution in [0.15, 0.2) is 12.4 Å². The van der Waals surface area contributed by atoms with Gasteiger partial charge in [0.05, 0.1) is 12.1 Å². The predicted molar refractivity (Wildman–Crippen MR) is 87.8 cm³/mol. The Morgan fingerprint density at radius 3 is 2.83 bits per heavy atom. The van der Waals surface area contributed by atoms with Crippen molar-refractivity contribution in [2.45, 2.75) is 37.3 Å². The second kappa shape index (κ2) is 5.54. The minimum Gasteiger partial charge on any atom is -0.341 e. The third-order valence-electron chi connectivity index (χ3n) is 5.15. The van der Waals surface area contributed by atoms with Crippen molar-refractivity contribution in [3.8, 4) is 0 Å². The van der Waals surface area contributed by atoms with Gasteiger partial charge in [0.25, 0.3) is 0 Å². The Hall–Kier alpha value is -1.50. The zero-order valence-electron chi connectivity index (χ0n) is 13.5. The van der Waals surface area contributed by atoms with Crippen LogP contribution in [0.25, 0.3) is 0 Å². The highest BCUT2D eigenvalue weighted by molar-refractivity contribution is 7.99. The number of amides is 2. The van der Waals surface area contributed by atoms with Crippen molar-refractivity contribution in [2.24, 2.45) is 13.0 Å². The number of thioether (sulfide) groups is 1. The summed E-state index contributed by atoms with van der Waals surface area (Å²) in [4.78, 5) is 29.1. The van der Waals surface area contributed by atoms with Crippen LogP contribution in [0, 0.1) is 5.92 Å². The molecule has 7 heteroatoms. The van der Waals surface area contributed by atoms with Crippen LogP contribution in [0.3, 0.4) is 0 Å². The molecule has 2 saturated carbocycles. The van der Waals surface area contributed by atoms with E-state index in [1.807, 2.05) is 36.3 Å². The Morgan fingerprint density at radius 1 is 1.39 bits per heavy atom. The van der Waals surface area contributed by atoms with Gasteiger partial charge < -0.3 is 9.80 Å². The molecule has 1 unspecified atom stereocenters. The van der Waals surface area contributed by atoms with Crippen LogP contribution in [0.2, 0.25) is 0 Å². The fourth-order valence-electron chi connectivity index (χ4n) is 3.42. The molecule has 0 bridgehead atoms. The van der Waals surface area contributed by atoms with Crippen LogP contribution in [0.1, 0.15) is 30.7 Å². The normalized spacial score (nSPS) is 29.7. The van der Waals surface area contributed by atoms with E-state index < -0.39 is 0 Å². The number of aryl methyl sites for hydroxylation is 1. The SMILES string of the molecule is CN(C(=O)C1CSCN1C(=O)[C@@H]1C[C@H]1c1cnn(C)c1)C1CC1. The molecule has 3 fully saturated rings. The first-order chi connectivity index (χ1) is 11.1.